The van der Waals surface area contributed by atoms with Gasteiger partial charge in [0.1, 0.15) is 0 Å². The fourth-order valence-corrected chi connectivity index (χ4v) is 3.48. The quantitative estimate of drug-likeness (QED) is 0.939. The molecule has 1 aromatic carbocycles. The van der Waals surface area contributed by atoms with Crippen LogP contribution in [0.2, 0.25) is 0 Å². The van der Waals surface area contributed by atoms with E-state index in [1.165, 1.54) is 0 Å². The van der Waals surface area contributed by atoms with Crippen LogP contribution in [0.1, 0.15) is 41.1 Å². The molecule has 1 fully saturated rings. The van der Waals surface area contributed by atoms with Crippen molar-refractivity contribution in [2.24, 2.45) is 0 Å². The van der Waals surface area contributed by atoms with E-state index in [2.05, 4.69) is 10.4 Å². The number of rotatable bonds is 4. The van der Waals surface area contributed by atoms with E-state index in [1.807, 2.05) is 30.3 Å². The van der Waals surface area contributed by atoms with Gasteiger partial charge in [0.25, 0.3) is 0 Å². The minimum atomic E-state index is -0.478. The SMILES string of the molecule is OC(Cc1csc(C2CCCOC2)n1)c1ccccc1. The number of aliphatic hydroxyl groups excluding tert-OH is 1. The first kappa shape index (κ1) is 13.7. The molecule has 4 heteroatoms. The average Bonchev–Trinajstić information content (AvgIpc) is 2.97. The molecule has 2 aromatic rings. The molecule has 3 rings (SSSR count). The van der Waals surface area contributed by atoms with Crippen LogP contribution in [-0.2, 0) is 11.2 Å². The number of aliphatic hydroxyl groups is 1. The van der Waals surface area contributed by atoms with Gasteiger partial charge in [0.2, 0.25) is 0 Å². The summed E-state index contributed by atoms with van der Waals surface area (Å²) < 4.78 is 5.51. The van der Waals surface area contributed by atoms with E-state index < -0.39 is 6.10 Å². The number of hydrogen-bond acceptors (Lipinski definition) is 4. The van der Waals surface area contributed by atoms with Gasteiger partial charge in [-0.2, -0.15) is 0 Å². The Morgan fingerprint density at radius 1 is 1.35 bits per heavy atom. The monoisotopic (exact) mass is 289 g/mol. The van der Waals surface area contributed by atoms with E-state index in [-0.39, 0.29) is 0 Å². The number of ether oxygens (including phenoxy) is 1. The van der Waals surface area contributed by atoms with Crippen LogP contribution in [0, 0.1) is 0 Å². The maximum absolute atomic E-state index is 10.2. The van der Waals surface area contributed by atoms with Crippen LogP contribution < -0.4 is 0 Å². The van der Waals surface area contributed by atoms with Crippen molar-refractivity contribution in [2.45, 2.75) is 31.3 Å². The summed E-state index contributed by atoms with van der Waals surface area (Å²) >= 11 is 1.69. The summed E-state index contributed by atoms with van der Waals surface area (Å²) in [5, 5.41) is 13.5. The van der Waals surface area contributed by atoms with Gasteiger partial charge in [-0.3, -0.25) is 0 Å². The molecule has 1 aliphatic rings. The molecule has 1 aromatic heterocycles. The Kier molecular flexibility index (Phi) is 4.45. The molecule has 0 bridgehead atoms. The molecule has 0 aliphatic carbocycles. The maximum Gasteiger partial charge on any atom is 0.0982 e. The molecule has 0 spiro atoms. The molecule has 1 saturated heterocycles. The summed E-state index contributed by atoms with van der Waals surface area (Å²) in [6.07, 6.45) is 2.38. The van der Waals surface area contributed by atoms with E-state index in [9.17, 15) is 5.11 Å². The van der Waals surface area contributed by atoms with Crippen LogP contribution in [0.4, 0.5) is 0 Å². The first-order valence-electron chi connectivity index (χ1n) is 7.08. The number of thiazole rings is 1. The highest BCUT2D eigenvalue weighted by molar-refractivity contribution is 7.09. The predicted octanol–water partition coefficient (Wildman–Crippen LogP) is 3.31. The molecule has 106 valence electrons. The average molecular weight is 289 g/mol. The lowest BCUT2D eigenvalue weighted by Crippen LogP contribution is -2.15. The van der Waals surface area contributed by atoms with E-state index in [1.54, 1.807) is 11.3 Å². The third-order valence-electron chi connectivity index (χ3n) is 3.67. The summed E-state index contributed by atoms with van der Waals surface area (Å²) in [6.45, 7) is 1.66. The third kappa shape index (κ3) is 3.26. The van der Waals surface area contributed by atoms with Crippen molar-refractivity contribution in [3.63, 3.8) is 0 Å². The Balaban J connectivity index is 1.65. The molecule has 0 radical (unpaired) electrons. The van der Waals surface area contributed by atoms with Gasteiger partial charge in [0, 0.05) is 24.3 Å². The highest BCUT2D eigenvalue weighted by atomic mass is 32.1. The topological polar surface area (TPSA) is 42.4 Å². The molecule has 3 nitrogen and oxygen atoms in total. The fourth-order valence-electron chi connectivity index (χ4n) is 2.53. The van der Waals surface area contributed by atoms with Crippen LogP contribution >= 0.6 is 11.3 Å². The van der Waals surface area contributed by atoms with Gasteiger partial charge in [0.15, 0.2) is 0 Å². The minimum absolute atomic E-state index is 0.441. The van der Waals surface area contributed by atoms with Gasteiger partial charge in [-0.05, 0) is 18.4 Å². The zero-order valence-electron chi connectivity index (χ0n) is 11.4. The van der Waals surface area contributed by atoms with Crippen LogP contribution in [0.3, 0.4) is 0 Å². The summed E-state index contributed by atoms with van der Waals surface area (Å²) in [5.41, 5.74) is 1.93. The smallest absolute Gasteiger partial charge is 0.0982 e. The van der Waals surface area contributed by atoms with Crippen LogP contribution in [0.25, 0.3) is 0 Å². The molecule has 2 unspecified atom stereocenters. The second-order valence-corrected chi connectivity index (χ2v) is 6.11. The molecule has 1 aliphatic heterocycles. The van der Waals surface area contributed by atoms with Gasteiger partial charge in [-0.1, -0.05) is 30.3 Å². The van der Waals surface area contributed by atoms with Crippen LogP contribution in [-0.4, -0.2) is 23.3 Å². The van der Waals surface area contributed by atoms with E-state index in [4.69, 9.17) is 4.74 Å². The van der Waals surface area contributed by atoms with Crippen molar-refractivity contribution in [1.29, 1.82) is 0 Å². The molecular formula is C16H19NO2S. The van der Waals surface area contributed by atoms with Crippen LogP contribution in [0.15, 0.2) is 35.7 Å². The Hall–Kier alpha value is -1.23. The Morgan fingerprint density at radius 2 is 2.20 bits per heavy atom. The number of aromatic nitrogens is 1. The summed E-state index contributed by atoms with van der Waals surface area (Å²) in [7, 11) is 0. The summed E-state index contributed by atoms with van der Waals surface area (Å²) in [4.78, 5) is 4.68. The third-order valence-corrected chi connectivity index (χ3v) is 4.72. The van der Waals surface area contributed by atoms with Crippen molar-refractivity contribution in [3.05, 3.63) is 52.0 Å². The molecule has 2 atom stereocenters. The Labute approximate surface area is 123 Å². The zero-order chi connectivity index (χ0) is 13.8. The zero-order valence-corrected chi connectivity index (χ0v) is 12.2. The molecule has 1 N–H and O–H groups in total. The van der Waals surface area contributed by atoms with E-state index >= 15 is 0 Å². The normalized spacial score (nSPS) is 20.8. The number of hydrogen-bond donors (Lipinski definition) is 1. The predicted molar refractivity (Wildman–Crippen MR) is 80.0 cm³/mol. The van der Waals surface area contributed by atoms with Gasteiger partial charge >= 0.3 is 0 Å². The van der Waals surface area contributed by atoms with Gasteiger partial charge in [-0.25, -0.2) is 4.98 Å². The van der Waals surface area contributed by atoms with Gasteiger partial charge < -0.3 is 9.84 Å². The van der Waals surface area contributed by atoms with Gasteiger partial charge in [-0.15, -0.1) is 11.3 Å². The second kappa shape index (κ2) is 6.48. The molecule has 2 heterocycles. The largest absolute Gasteiger partial charge is 0.388 e. The Morgan fingerprint density at radius 3 is 2.95 bits per heavy atom. The molecule has 0 saturated carbocycles. The Bertz CT molecular complexity index is 534. The molecule has 0 amide bonds. The first-order chi connectivity index (χ1) is 9.83. The molecular weight excluding hydrogens is 270 g/mol. The van der Waals surface area contributed by atoms with Gasteiger partial charge in [0.05, 0.1) is 23.4 Å². The van der Waals surface area contributed by atoms with Crippen molar-refractivity contribution in [2.75, 3.05) is 13.2 Å². The summed E-state index contributed by atoms with van der Waals surface area (Å²) in [5.74, 6) is 0.441. The lowest BCUT2D eigenvalue weighted by molar-refractivity contribution is 0.0803. The minimum Gasteiger partial charge on any atom is -0.388 e. The standard InChI is InChI=1S/C16H19NO2S/c18-15(12-5-2-1-3-6-12)9-14-11-20-16(17-14)13-7-4-8-19-10-13/h1-3,5-6,11,13,15,18H,4,7-10H2. The van der Waals surface area contributed by atoms with Crippen molar-refractivity contribution >= 4 is 11.3 Å². The van der Waals surface area contributed by atoms with E-state index in [0.29, 0.717) is 12.3 Å². The number of benzene rings is 1. The highest BCUT2D eigenvalue weighted by Crippen LogP contribution is 2.29. The van der Waals surface area contributed by atoms with Crippen LogP contribution in [0.5, 0.6) is 0 Å². The first-order valence-corrected chi connectivity index (χ1v) is 7.96. The lowest BCUT2D eigenvalue weighted by atomic mass is 10.0. The van der Waals surface area contributed by atoms with Crippen molar-refractivity contribution in [1.82, 2.24) is 4.98 Å². The maximum atomic E-state index is 10.2. The van der Waals surface area contributed by atoms with E-state index in [0.717, 1.165) is 42.3 Å². The fraction of sp³-hybridized carbons (Fsp3) is 0.438. The van der Waals surface area contributed by atoms with Crippen molar-refractivity contribution in [3.8, 4) is 0 Å². The second-order valence-electron chi connectivity index (χ2n) is 5.22. The highest BCUT2D eigenvalue weighted by Gasteiger charge is 2.20. The van der Waals surface area contributed by atoms with Crippen molar-refractivity contribution < 1.29 is 9.84 Å². The molecule has 20 heavy (non-hydrogen) atoms. The summed E-state index contributed by atoms with van der Waals surface area (Å²) in [6, 6.07) is 9.76. The lowest BCUT2D eigenvalue weighted by Gasteiger charge is -2.19. The number of nitrogens with zero attached hydrogens (tertiary/aromatic N) is 1.